The second kappa shape index (κ2) is 9.35. The van der Waals surface area contributed by atoms with Gasteiger partial charge in [-0.1, -0.05) is 46.3 Å². The van der Waals surface area contributed by atoms with Gasteiger partial charge in [0.1, 0.15) is 23.9 Å². The Hall–Kier alpha value is -3.58. The van der Waals surface area contributed by atoms with Crippen LogP contribution >= 0.6 is 15.9 Å². The van der Waals surface area contributed by atoms with Gasteiger partial charge in [-0.2, -0.15) is 0 Å². The number of benzene rings is 3. The fraction of sp³-hybridized carbons (Fsp3) is 0.148. The van der Waals surface area contributed by atoms with Crippen LogP contribution in [-0.4, -0.2) is 22.4 Å². The second-order valence-corrected chi connectivity index (χ2v) is 9.17. The summed E-state index contributed by atoms with van der Waals surface area (Å²) < 4.78 is 20.8. The van der Waals surface area contributed by atoms with Crippen molar-refractivity contribution in [2.45, 2.75) is 20.0 Å². The van der Waals surface area contributed by atoms with Crippen molar-refractivity contribution in [3.63, 3.8) is 0 Å². The molecule has 0 saturated carbocycles. The molecule has 2 heterocycles. The maximum atomic E-state index is 14.2. The van der Waals surface area contributed by atoms with E-state index in [9.17, 15) is 9.18 Å². The van der Waals surface area contributed by atoms with Gasteiger partial charge in [-0.15, -0.1) is 0 Å². The number of hydrogen-bond donors (Lipinski definition) is 3. The summed E-state index contributed by atoms with van der Waals surface area (Å²) in [5.74, 6) is 0.249. The Kier molecular flexibility index (Phi) is 6.11. The average Bonchev–Trinajstić information content (AvgIpc) is 3.39. The highest BCUT2D eigenvalue weighted by molar-refractivity contribution is 9.10. The molecule has 0 aliphatic carbocycles. The molecule has 1 amide bonds. The van der Waals surface area contributed by atoms with Crippen molar-refractivity contribution >= 4 is 43.6 Å². The molecule has 0 spiro atoms. The molecule has 0 saturated heterocycles. The van der Waals surface area contributed by atoms with E-state index < -0.39 is 0 Å². The maximum Gasteiger partial charge on any atom is 0.267 e. The Morgan fingerprint density at radius 1 is 1.06 bits per heavy atom. The van der Waals surface area contributed by atoms with Crippen LogP contribution < -0.4 is 10.1 Å². The van der Waals surface area contributed by atoms with Crippen LogP contribution in [0.3, 0.4) is 0 Å². The number of carbonyl (C=O) groups is 1. The highest BCUT2D eigenvalue weighted by atomic mass is 79.9. The van der Waals surface area contributed by atoms with E-state index in [0.717, 1.165) is 38.9 Å². The van der Waals surface area contributed by atoms with Crippen LogP contribution in [-0.2, 0) is 13.0 Å². The standard InChI is InChI=1S/C27H23BrFN3O2/c1-16-21(22-12-19(28)13-23(29)26(22)31-16)9-10-30-27(33)25-11-18-7-8-20(14-24(18)32-25)34-15-17-5-3-2-4-6-17/h2-8,11-14,31-32H,9-10,15H2,1H3,(H,30,33). The van der Waals surface area contributed by atoms with E-state index in [4.69, 9.17) is 4.74 Å². The largest absolute Gasteiger partial charge is 0.489 e. The van der Waals surface area contributed by atoms with Gasteiger partial charge in [-0.3, -0.25) is 4.79 Å². The lowest BCUT2D eigenvalue weighted by molar-refractivity contribution is 0.0950. The number of amides is 1. The monoisotopic (exact) mass is 519 g/mol. The van der Waals surface area contributed by atoms with Crippen LogP contribution in [0.2, 0.25) is 0 Å². The number of carbonyl (C=O) groups excluding carboxylic acids is 1. The van der Waals surface area contributed by atoms with E-state index >= 15 is 0 Å². The fourth-order valence-corrected chi connectivity index (χ4v) is 4.61. The predicted molar refractivity (Wildman–Crippen MR) is 136 cm³/mol. The molecule has 2 aromatic heterocycles. The van der Waals surface area contributed by atoms with Gasteiger partial charge in [0.05, 0.1) is 5.52 Å². The summed E-state index contributed by atoms with van der Waals surface area (Å²) in [6.45, 7) is 2.83. The van der Waals surface area contributed by atoms with Gasteiger partial charge in [0.25, 0.3) is 5.91 Å². The Labute approximate surface area is 204 Å². The zero-order valence-corrected chi connectivity index (χ0v) is 20.1. The molecule has 3 N–H and O–H groups in total. The lowest BCUT2D eigenvalue weighted by atomic mass is 10.1. The molecule has 0 atom stereocenters. The first-order valence-electron chi connectivity index (χ1n) is 11.0. The number of halogens is 2. The van der Waals surface area contributed by atoms with Gasteiger partial charge < -0.3 is 20.0 Å². The molecule has 0 unspecified atom stereocenters. The Balaban J connectivity index is 1.24. The molecule has 7 heteroatoms. The first-order valence-corrected chi connectivity index (χ1v) is 11.8. The van der Waals surface area contributed by atoms with Gasteiger partial charge in [0.2, 0.25) is 0 Å². The topological polar surface area (TPSA) is 69.9 Å². The highest BCUT2D eigenvalue weighted by Gasteiger charge is 2.14. The van der Waals surface area contributed by atoms with E-state index in [0.29, 0.717) is 35.3 Å². The van der Waals surface area contributed by atoms with Crippen LogP contribution in [0.4, 0.5) is 4.39 Å². The van der Waals surface area contributed by atoms with E-state index in [1.165, 1.54) is 6.07 Å². The predicted octanol–water partition coefficient (Wildman–Crippen LogP) is 6.41. The lowest BCUT2D eigenvalue weighted by Gasteiger charge is -2.06. The lowest BCUT2D eigenvalue weighted by Crippen LogP contribution is -2.26. The van der Waals surface area contributed by atoms with Crippen LogP contribution in [0.25, 0.3) is 21.8 Å². The van der Waals surface area contributed by atoms with E-state index in [1.54, 1.807) is 0 Å². The molecular formula is C27H23BrFN3O2. The Bertz CT molecular complexity index is 1490. The molecule has 0 fully saturated rings. The quantitative estimate of drug-likeness (QED) is 0.232. The number of fused-ring (bicyclic) bond motifs is 2. The van der Waals surface area contributed by atoms with Gasteiger partial charge in [-0.25, -0.2) is 4.39 Å². The van der Waals surface area contributed by atoms with E-state index in [2.05, 4.69) is 31.2 Å². The summed E-state index contributed by atoms with van der Waals surface area (Å²) in [6, 6.07) is 20.9. The molecule has 34 heavy (non-hydrogen) atoms. The molecular weight excluding hydrogens is 497 g/mol. The van der Waals surface area contributed by atoms with Gasteiger partial charge in [0, 0.05) is 39.1 Å². The normalized spacial score (nSPS) is 11.3. The third-order valence-electron chi connectivity index (χ3n) is 5.89. The molecule has 5 rings (SSSR count). The van der Waals surface area contributed by atoms with Crippen LogP contribution in [0.1, 0.15) is 27.3 Å². The summed E-state index contributed by atoms with van der Waals surface area (Å²) in [4.78, 5) is 19.0. The number of rotatable bonds is 7. The zero-order chi connectivity index (χ0) is 23.7. The van der Waals surface area contributed by atoms with Gasteiger partial charge in [-0.05, 0) is 54.8 Å². The Morgan fingerprint density at radius 2 is 1.88 bits per heavy atom. The maximum absolute atomic E-state index is 14.2. The second-order valence-electron chi connectivity index (χ2n) is 8.25. The van der Waals surface area contributed by atoms with Crippen LogP contribution in [0.5, 0.6) is 5.75 Å². The highest BCUT2D eigenvalue weighted by Crippen LogP contribution is 2.28. The third kappa shape index (κ3) is 4.56. The smallest absolute Gasteiger partial charge is 0.267 e. The number of aryl methyl sites for hydroxylation is 1. The number of aromatic nitrogens is 2. The van der Waals surface area contributed by atoms with Crippen molar-refractivity contribution in [1.29, 1.82) is 0 Å². The summed E-state index contributed by atoms with van der Waals surface area (Å²) in [6.07, 6.45) is 0.588. The van der Waals surface area contributed by atoms with E-state index in [1.807, 2.05) is 67.6 Å². The summed E-state index contributed by atoms with van der Waals surface area (Å²) in [5, 5.41) is 4.72. The zero-order valence-electron chi connectivity index (χ0n) is 18.5. The summed E-state index contributed by atoms with van der Waals surface area (Å²) in [5.41, 5.74) is 4.79. The van der Waals surface area contributed by atoms with Crippen molar-refractivity contribution in [1.82, 2.24) is 15.3 Å². The minimum absolute atomic E-state index is 0.187. The summed E-state index contributed by atoms with van der Waals surface area (Å²) in [7, 11) is 0. The number of aromatic amines is 2. The van der Waals surface area contributed by atoms with Crippen molar-refractivity contribution in [2.75, 3.05) is 6.54 Å². The van der Waals surface area contributed by atoms with Gasteiger partial charge in [0.15, 0.2) is 0 Å². The summed E-state index contributed by atoms with van der Waals surface area (Å²) >= 11 is 3.36. The molecule has 0 bridgehead atoms. The molecule has 3 aromatic carbocycles. The molecule has 5 nitrogen and oxygen atoms in total. The van der Waals surface area contributed by atoms with Crippen molar-refractivity contribution < 1.29 is 13.9 Å². The minimum Gasteiger partial charge on any atom is -0.489 e. The number of hydrogen-bond acceptors (Lipinski definition) is 2. The third-order valence-corrected chi connectivity index (χ3v) is 6.35. The molecule has 172 valence electrons. The van der Waals surface area contributed by atoms with Crippen molar-refractivity contribution in [2.24, 2.45) is 0 Å². The van der Waals surface area contributed by atoms with E-state index in [-0.39, 0.29) is 11.7 Å². The fourth-order valence-electron chi connectivity index (χ4n) is 4.18. The van der Waals surface area contributed by atoms with Crippen molar-refractivity contribution in [3.8, 4) is 5.75 Å². The Morgan fingerprint density at radius 3 is 2.71 bits per heavy atom. The molecule has 5 aromatic rings. The van der Waals surface area contributed by atoms with Crippen LogP contribution in [0, 0.1) is 12.7 Å². The molecule has 0 aliphatic heterocycles. The van der Waals surface area contributed by atoms with Crippen molar-refractivity contribution in [3.05, 3.63) is 99.5 Å². The molecule has 0 aliphatic rings. The SMILES string of the molecule is Cc1[nH]c2c(F)cc(Br)cc2c1CCNC(=O)c1cc2ccc(OCc3ccccc3)cc2[nH]1. The number of H-pyrrole nitrogens is 2. The minimum atomic E-state index is -0.298. The molecule has 0 radical (unpaired) electrons. The number of ether oxygens (including phenoxy) is 1. The first kappa shape index (κ1) is 22.2. The average molecular weight is 520 g/mol. The van der Waals surface area contributed by atoms with Gasteiger partial charge >= 0.3 is 0 Å². The van der Waals surface area contributed by atoms with Crippen LogP contribution in [0.15, 0.2) is 71.2 Å². The number of nitrogens with one attached hydrogen (secondary N) is 3. The first-order chi connectivity index (χ1) is 16.5.